The molecule has 0 aliphatic carbocycles. The van der Waals surface area contributed by atoms with Gasteiger partial charge in [0.2, 0.25) is 0 Å². The summed E-state index contributed by atoms with van der Waals surface area (Å²) in [5.74, 6) is -2.04. The van der Waals surface area contributed by atoms with Crippen molar-refractivity contribution in [3.63, 3.8) is 0 Å². The molecule has 116 valence electrons. The molecular formula is C15H16FN3O3. The zero-order valence-electron chi connectivity index (χ0n) is 12.2. The zero-order chi connectivity index (χ0) is 16.3. The summed E-state index contributed by atoms with van der Waals surface area (Å²) in [5, 5.41) is 18.2. The Kier molecular flexibility index (Phi) is 4.25. The van der Waals surface area contributed by atoms with Gasteiger partial charge in [0.05, 0.1) is 5.69 Å². The third-order valence-corrected chi connectivity index (χ3v) is 3.53. The average molecular weight is 305 g/mol. The molecule has 0 aliphatic heterocycles. The van der Waals surface area contributed by atoms with E-state index in [-0.39, 0.29) is 17.9 Å². The number of H-pyrrole nitrogens is 1. The quantitative estimate of drug-likeness (QED) is 0.789. The van der Waals surface area contributed by atoms with E-state index in [4.69, 9.17) is 5.11 Å². The van der Waals surface area contributed by atoms with Crippen molar-refractivity contribution in [2.45, 2.75) is 25.8 Å². The van der Waals surface area contributed by atoms with Crippen molar-refractivity contribution >= 4 is 11.9 Å². The molecule has 0 fully saturated rings. The van der Waals surface area contributed by atoms with E-state index >= 15 is 0 Å². The number of carboxylic acids is 1. The number of halogens is 1. The Morgan fingerprint density at radius 1 is 1.36 bits per heavy atom. The summed E-state index contributed by atoms with van der Waals surface area (Å²) >= 11 is 0. The first kappa shape index (κ1) is 15.7. The lowest BCUT2D eigenvalue weighted by Crippen LogP contribution is -2.51. The van der Waals surface area contributed by atoms with Crippen LogP contribution >= 0.6 is 0 Å². The predicted octanol–water partition coefficient (Wildman–Crippen LogP) is 2.20. The van der Waals surface area contributed by atoms with Crippen LogP contribution in [0.2, 0.25) is 0 Å². The van der Waals surface area contributed by atoms with E-state index in [0.717, 1.165) is 0 Å². The van der Waals surface area contributed by atoms with Gasteiger partial charge in [-0.05, 0) is 43.7 Å². The molecule has 2 rings (SSSR count). The maximum Gasteiger partial charge on any atom is 0.329 e. The summed E-state index contributed by atoms with van der Waals surface area (Å²) in [5.41, 5.74) is -0.0924. The average Bonchev–Trinajstić information content (AvgIpc) is 2.97. The molecule has 1 heterocycles. The number of carboxylic acid groups (broad SMARTS) is 1. The molecule has 0 radical (unpaired) electrons. The summed E-state index contributed by atoms with van der Waals surface area (Å²) in [6, 6.07) is 7.16. The van der Waals surface area contributed by atoms with Crippen LogP contribution in [0.1, 0.15) is 30.8 Å². The molecule has 7 heteroatoms. The molecule has 1 aromatic heterocycles. The van der Waals surface area contributed by atoms with Crippen molar-refractivity contribution in [1.29, 1.82) is 0 Å². The van der Waals surface area contributed by atoms with Crippen LogP contribution in [0, 0.1) is 5.82 Å². The SMILES string of the molecule is CCC(C)(NC(=O)c1cc(-c2ccc(F)cc2)n[nH]1)C(=O)O. The summed E-state index contributed by atoms with van der Waals surface area (Å²) in [6.45, 7) is 3.11. The Bertz CT molecular complexity index is 696. The highest BCUT2D eigenvalue weighted by Crippen LogP contribution is 2.18. The van der Waals surface area contributed by atoms with E-state index in [1.165, 1.54) is 25.1 Å². The monoisotopic (exact) mass is 305 g/mol. The Hall–Kier alpha value is -2.70. The molecule has 1 amide bonds. The lowest BCUT2D eigenvalue weighted by Gasteiger charge is -2.23. The topological polar surface area (TPSA) is 95.1 Å². The number of amides is 1. The second-order valence-corrected chi connectivity index (χ2v) is 5.12. The highest BCUT2D eigenvalue weighted by atomic mass is 19.1. The summed E-state index contributed by atoms with van der Waals surface area (Å²) in [6.07, 6.45) is 0.243. The minimum Gasteiger partial charge on any atom is -0.480 e. The van der Waals surface area contributed by atoms with Crippen molar-refractivity contribution in [2.75, 3.05) is 0 Å². The number of nitrogens with one attached hydrogen (secondary N) is 2. The Labute approximate surface area is 126 Å². The minimum atomic E-state index is -1.35. The maximum absolute atomic E-state index is 12.9. The van der Waals surface area contributed by atoms with Crippen molar-refractivity contribution in [2.24, 2.45) is 0 Å². The highest BCUT2D eigenvalue weighted by molar-refractivity contribution is 5.97. The molecular weight excluding hydrogens is 289 g/mol. The Morgan fingerprint density at radius 3 is 2.55 bits per heavy atom. The molecule has 1 atom stereocenters. The fourth-order valence-electron chi connectivity index (χ4n) is 1.82. The van der Waals surface area contributed by atoms with Crippen molar-refractivity contribution < 1.29 is 19.1 Å². The standard InChI is InChI=1S/C15H16FN3O3/c1-3-15(2,14(21)22)17-13(20)12-8-11(18-19-12)9-4-6-10(16)7-5-9/h4-8H,3H2,1-2H3,(H,17,20)(H,18,19)(H,21,22). The van der Waals surface area contributed by atoms with E-state index in [0.29, 0.717) is 11.3 Å². The van der Waals surface area contributed by atoms with E-state index in [2.05, 4.69) is 15.5 Å². The molecule has 0 saturated carbocycles. The number of aliphatic carboxylic acids is 1. The second kappa shape index (κ2) is 5.97. The van der Waals surface area contributed by atoms with E-state index in [9.17, 15) is 14.0 Å². The third-order valence-electron chi connectivity index (χ3n) is 3.53. The molecule has 3 N–H and O–H groups in total. The number of aromatic nitrogens is 2. The number of carbonyl (C=O) groups is 2. The predicted molar refractivity (Wildman–Crippen MR) is 77.8 cm³/mol. The summed E-state index contributed by atoms with van der Waals surface area (Å²) in [7, 11) is 0. The van der Waals surface area contributed by atoms with Gasteiger partial charge in [-0.25, -0.2) is 9.18 Å². The molecule has 1 aromatic carbocycles. The van der Waals surface area contributed by atoms with Gasteiger partial charge in [-0.2, -0.15) is 5.10 Å². The van der Waals surface area contributed by atoms with Gasteiger partial charge >= 0.3 is 5.97 Å². The van der Waals surface area contributed by atoms with Crippen LogP contribution in [0.3, 0.4) is 0 Å². The number of rotatable bonds is 5. The third kappa shape index (κ3) is 3.13. The van der Waals surface area contributed by atoms with E-state index in [1.807, 2.05) is 0 Å². The fourth-order valence-corrected chi connectivity index (χ4v) is 1.82. The molecule has 6 nitrogen and oxygen atoms in total. The number of hydrogen-bond donors (Lipinski definition) is 3. The van der Waals surface area contributed by atoms with Gasteiger partial charge in [0.15, 0.2) is 0 Å². The van der Waals surface area contributed by atoms with Crippen LogP contribution in [-0.2, 0) is 4.79 Å². The number of aromatic amines is 1. The number of carbonyl (C=O) groups excluding carboxylic acids is 1. The lowest BCUT2D eigenvalue weighted by molar-refractivity contribution is -0.143. The van der Waals surface area contributed by atoms with Gasteiger partial charge in [-0.1, -0.05) is 6.92 Å². The first-order chi connectivity index (χ1) is 10.4. The smallest absolute Gasteiger partial charge is 0.329 e. The van der Waals surface area contributed by atoms with Crippen molar-refractivity contribution in [3.05, 3.63) is 41.8 Å². The van der Waals surface area contributed by atoms with Crippen LogP contribution in [0.15, 0.2) is 30.3 Å². The maximum atomic E-state index is 12.9. The van der Waals surface area contributed by atoms with Gasteiger partial charge in [0.25, 0.3) is 5.91 Å². The highest BCUT2D eigenvalue weighted by Gasteiger charge is 2.33. The lowest BCUT2D eigenvalue weighted by atomic mass is 9.99. The van der Waals surface area contributed by atoms with E-state index in [1.54, 1.807) is 19.1 Å². The number of nitrogens with zero attached hydrogens (tertiary/aromatic N) is 1. The first-order valence-corrected chi connectivity index (χ1v) is 6.73. The van der Waals surface area contributed by atoms with Crippen molar-refractivity contribution in [3.8, 4) is 11.3 Å². The van der Waals surface area contributed by atoms with Gasteiger partial charge in [0.1, 0.15) is 17.1 Å². The van der Waals surface area contributed by atoms with E-state index < -0.39 is 17.4 Å². The molecule has 0 saturated heterocycles. The van der Waals surface area contributed by atoms with Gasteiger partial charge in [-0.15, -0.1) is 0 Å². The largest absolute Gasteiger partial charge is 0.480 e. The number of benzene rings is 1. The van der Waals surface area contributed by atoms with Crippen LogP contribution in [0.25, 0.3) is 11.3 Å². The van der Waals surface area contributed by atoms with Crippen LogP contribution < -0.4 is 5.32 Å². The molecule has 22 heavy (non-hydrogen) atoms. The van der Waals surface area contributed by atoms with Gasteiger partial charge in [0, 0.05) is 5.56 Å². The van der Waals surface area contributed by atoms with Crippen LogP contribution in [0.5, 0.6) is 0 Å². The van der Waals surface area contributed by atoms with Crippen LogP contribution in [-0.4, -0.2) is 32.7 Å². The minimum absolute atomic E-state index is 0.139. The zero-order valence-corrected chi connectivity index (χ0v) is 12.2. The summed E-state index contributed by atoms with van der Waals surface area (Å²) in [4.78, 5) is 23.3. The molecule has 0 aliphatic rings. The first-order valence-electron chi connectivity index (χ1n) is 6.73. The van der Waals surface area contributed by atoms with Gasteiger partial charge < -0.3 is 10.4 Å². The Morgan fingerprint density at radius 2 is 2.00 bits per heavy atom. The van der Waals surface area contributed by atoms with Crippen molar-refractivity contribution in [1.82, 2.24) is 15.5 Å². The molecule has 1 unspecified atom stereocenters. The molecule has 0 bridgehead atoms. The normalized spacial score (nSPS) is 13.4. The fraction of sp³-hybridized carbons (Fsp3) is 0.267. The van der Waals surface area contributed by atoms with Crippen LogP contribution in [0.4, 0.5) is 4.39 Å². The number of hydrogen-bond acceptors (Lipinski definition) is 3. The summed E-state index contributed by atoms with van der Waals surface area (Å²) < 4.78 is 12.9. The molecule has 2 aromatic rings. The Balaban J connectivity index is 2.19. The second-order valence-electron chi connectivity index (χ2n) is 5.12. The molecule has 0 spiro atoms. The van der Waals surface area contributed by atoms with Gasteiger partial charge in [-0.3, -0.25) is 9.89 Å².